The van der Waals surface area contributed by atoms with Gasteiger partial charge in [0.05, 0.1) is 0 Å². The van der Waals surface area contributed by atoms with E-state index in [-0.39, 0.29) is 5.91 Å². The van der Waals surface area contributed by atoms with Crippen LogP contribution in [-0.2, 0) is 4.79 Å². The Balaban J connectivity index is 1.60. The smallest absolute Gasteiger partial charge is 0.231 e. The van der Waals surface area contributed by atoms with Crippen molar-refractivity contribution in [2.24, 2.45) is 0 Å². The average molecular weight is 432 g/mol. The lowest BCUT2D eigenvalue weighted by Crippen LogP contribution is -2.25. The molecule has 0 aromatic heterocycles. The molecule has 0 radical (unpaired) electrons. The molecule has 0 saturated carbocycles. The predicted octanol–water partition coefficient (Wildman–Crippen LogP) is 9.16. The van der Waals surface area contributed by atoms with Crippen LogP contribution in [0, 0.1) is 0 Å². The molecule has 0 aliphatic rings. The van der Waals surface area contributed by atoms with Crippen LogP contribution in [0.2, 0.25) is 0 Å². The highest BCUT2D eigenvalue weighted by Crippen LogP contribution is 2.26. The standard InChI is InChI=1S/C30H41NO/c1-2-3-4-5-6-7-8-9-10-11-12-13-14-15-22-27-30(32)31(28-23-18-16-19-24-28)29-25-20-17-21-26-29/h6-7,9-10,16-21,23-26H,2-5,8,11-15,22,27H2,1H3/b7-6-,10-9-. The van der Waals surface area contributed by atoms with E-state index in [1.165, 1.54) is 51.4 Å². The number of anilines is 2. The Bertz CT molecular complexity index is 739. The Hall–Kier alpha value is -2.61. The van der Waals surface area contributed by atoms with Crippen LogP contribution < -0.4 is 4.90 Å². The third kappa shape index (κ3) is 10.6. The second-order valence-corrected chi connectivity index (χ2v) is 8.38. The molecule has 32 heavy (non-hydrogen) atoms. The number of hydrogen-bond acceptors (Lipinski definition) is 1. The quantitative estimate of drug-likeness (QED) is 0.192. The number of unbranched alkanes of at least 4 members (excludes halogenated alkanes) is 8. The topological polar surface area (TPSA) is 20.3 Å². The van der Waals surface area contributed by atoms with Crippen molar-refractivity contribution in [3.05, 3.63) is 85.0 Å². The Labute approximate surface area is 196 Å². The van der Waals surface area contributed by atoms with Gasteiger partial charge in [-0.05, 0) is 62.8 Å². The van der Waals surface area contributed by atoms with Gasteiger partial charge in [0, 0.05) is 17.8 Å². The van der Waals surface area contributed by atoms with Crippen molar-refractivity contribution in [3.8, 4) is 0 Å². The zero-order valence-corrected chi connectivity index (χ0v) is 19.9. The second kappa shape index (κ2) is 17.0. The summed E-state index contributed by atoms with van der Waals surface area (Å²) < 4.78 is 0. The minimum absolute atomic E-state index is 0.174. The third-order valence-electron chi connectivity index (χ3n) is 5.62. The third-order valence-corrected chi connectivity index (χ3v) is 5.62. The first-order valence-corrected chi connectivity index (χ1v) is 12.6. The van der Waals surface area contributed by atoms with Gasteiger partial charge in [-0.2, -0.15) is 0 Å². The minimum atomic E-state index is 0.174. The van der Waals surface area contributed by atoms with Gasteiger partial charge in [0.2, 0.25) is 5.91 Å². The molecule has 0 fully saturated rings. The molecule has 0 spiro atoms. The lowest BCUT2D eigenvalue weighted by molar-refractivity contribution is -0.118. The number of carbonyl (C=O) groups is 1. The van der Waals surface area contributed by atoms with E-state index in [2.05, 4.69) is 31.2 Å². The Morgan fingerprint density at radius 3 is 1.72 bits per heavy atom. The maximum Gasteiger partial charge on any atom is 0.231 e. The van der Waals surface area contributed by atoms with E-state index in [1.807, 2.05) is 65.6 Å². The van der Waals surface area contributed by atoms with Gasteiger partial charge >= 0.3 is 0 Å². The first-order chi connectivity index (χ1) is 15.8. The van der Waals surface area contributed by atoms with Crippen LogP contribution >= 0.6 is 0 Å². The number of benzene rings is 2. The summed E-state index contributed by atoms with van der Waals surface area (Å²) in [6, 6.07) is 19.9. The van der Waals surface area contributed by atoms with Gasteiger partial charge in [-0.3, -0.25) is 9.69 Å². The molecule has 0 aliphatic carbocycles. The van der Waals surface area contributed by atoms with Crippen molar-refractivity contribution in [2.45, 2.75) is 84.0 Å². The molecular formula is C30H41NO. The number of allylic oxidation sites excluding steroid dienone is 4. The summed E-state index contributed by atoms with van der Waals surface area (Å²) in [5, 5.41) is 0. The lowest BCUT2D eigenvalue weighted by atomic mass is 10.1. The Morgan fingerprint density at radius 1 is 0.656 bits per heavy atom. The largest absolute Gasteiger partial charge is 0.281 e. The van der Waals surface area contributed by atoms with Crippen LogP contribution in [0.4, 0.5) is 11.4 Å². The van der Waals surface area contributed by atoms with Gasteiger partial charge in [0.15, 0.2) is 0 Å². The van der Waals surface area contributed by atoms with Crippen molar-refractivity contribution in [3.63, 3.8) is 0 Å². The van der Waals surface area contributed by atoms with Crippen molar-refractivity contribution in [1.82, 2.24) is 0 Å². The molecule has 2 aromatic rings. The summed E-state index contributed by atoms with van der Waals surface area (Å²) in [4.78, 5) is 14.8. The van der Waals surface area contributed by atoms with E-state index in [9.17, 15) is 4.79 Å². The first kappa shape index (κ1) is 25.6. The van der Waals surface area contributed by atoms with E-state index in [0.717, 1.165) is 30.6 Å². The van der Waals surface area contributed by atoms with Crippen LogP contribution in [-0.4, -0.2) is 5.91 Å². The molecule has 0 aliphatic heterocycles. The van der Waals surface area contributed by atoms with E-state index in [1.54, 1.807) is 0 Å². The molecule has 0 atom stereocenters. The van der Waals surface area contributed by atoms with Crippen LogP contribution in [0.25, 0.3) is 0 Å². The molecule has 1 amide bonds. The molecule has 2 nitrogen and oxygen atoms in total. The van der Waals surface area contributed by atoms with Crippen LogP contribution in [0.3, 0.4) is 0 Å². The van der Waals surface area contributed by atoms with Crippen molar-refractivity contribution < 1.29 is 4.79 Å². The second-order valence-electron chi connectivity index (χ2n) is 8.38. The molecule has 0 unspecified atom stereocenters. The highest BCUT2D eigenvalue weighted by molar-refractivity contribution is 6.00. The monoisotopic (exact) mass is 431 g/mol. The SMILES string of the molecule is CCCCC/C=C\C/C=C\CCCCCCCC(=O)N(c1ccccc1)c1ccccc1. The fraction of sp³-hybridized carbons (Fsp3) is 0.433. The predicted molar refractivity (Wildman–Crippen MR) is 139 cm³/mol. The maximum atomic E-state index is 13.0. The highest BCUT2D eigenvalue weighted by atomic mass is 16.2. The minimum Gasteiger partial charge on any atom is -0.281 e. The van der Waals surface area contributed by atoms with Gasteiger partial charge < -0.3 is 0 Å². The fourth-order valence-corrected chi connectivity index (χ4v) is 3.79. The number of rotatable bonds is 16. The summed E-state index contributed by atoms with van der Waals surface area (Å²) in [6.07, 6.45) is 23.0. The zero-order chi connectivity index (χ0) is 22.7. The van der Waals surface area contributed by atoms with Gasteiger partial charge in [0.25, 0.3) is 0 Å². The van der Waals surface area contributed by atoms with E-state index in [0.29, 0.717) is 6.42 Å². The normalized spacial score (nSPS) is 11.4. The summed E-state index contributed by atoms with van der Waals surface area (Å²) in [7, 11) is 0. The summed E-state index contributed by atoms with van der Waals surface area (Å²) in [6.45, 7) is 2.25. The van der Waals surface area contributed by atoms with Crippen LogP contribution in [0.1, 0.15) is 84.0 Å². The summed E-state index contributed by atoms with van der Waals surface area (Å²) >= 11 is 0. The number of hydrogen-bond donors (Lipinski definition) is 0. The van der Waals surface area contributed by atoms with E-state index in [4.69, 9.17) is 0 Å². The van der Waals surface area contributed by atoms with Gasteiger partial charge in [-0.25, -0.2) is 0 Å². The van der Waals surface area contributed by atoms with E-state index >= 15 is 0 Å². The van der Waals surface area contributed by atoms with E-state index < -0.39 is 0 Å². The first-order valence-electron chi connectivity index (χ1n) is 12.6. The number of para-hydroxylation sites is 2. The Kier molecular flexibility index (Phi) is 13.6. The molecule has 0 N–H and O–H groups in total. The molecule has 2 heteroatoms. The van der Waals surface area contributed by atoms with Gasteiger partial charge in [-0.15, -0.1) is 0 Å². The van der Waals surface area contributed by atoms with Crippen LogP contribution in [0.15, 0.2) is 85.0 Å². The van der Waals surface area contributed by atoms with Gasteiger partial charge in [0.1, 0.15) is 0 Å². The highest BCUT2D eigenvalue weighted by Gasteiger charge is 2.16. The summed E-state index contributed by atoms with van der Waals surface area (Å²) in [5.74, 6) is 0.174. The van der Waals surface area contributed by atoms with Gasteiger partial charge in [-0.1, -0.05) is 99.7 Å². The fourth-order valence-electron chi connectivity index (χ4n) is 3.79. The molecule has 172 valence electrons. The van der Waals surface area contributed by atoms with Crippen molar-refractivity contribution >= 4 is 17.3 Å². The van der Waals surface area contributed by atoms with Crippen molar-refractivity contribution in [2.75, 3.05) is 4.90 Å². The number of carbonyl (C=O) groups excluding carboxylic acids is 1. The lowest BCUT2D eigenvalue weighted by Gasteiger charge is -2.23. The molecule has 2 rings (SSSR count). The maximum absolute atomic E-state index is 13.0. The molecule has 2 aromatic carbocycles. The summed E-state index contributed by atoms with van der Waals surface area (Å²) in [5.41, 5.74) is 1.87. The number of amides is 1. The molecule has 0 saturated heterocycles. The molecule has 0 bridgehead atoms. The molecular weight excluding hydrogens is 390 g/mol. The average Bonchev–Trinajstić information content (AvgIpc) is 2.83. The molecule has 0 heterocycles. The van der Waals surface area contributed by atoms with Crippen molar-refractivity contribution in [1.29, 1.82) is 0 Å². The Morgan fingerprint density at radius 2 is 1.16 bits per heavy atom. The zero-order valence-electron chi connectivity index (χ0n) is 19.9. The number of nitrogens with zero attached hydrogens (tertiary/aromatic N) is 1. The van der Waals surface area contributed by atoms with Crippen LogP contribution in [0.5, 0.6) is 0 Å².